The number of nitrogens with two attached hydrogens (primary N) is 1. The third-order valence-corrected chi connectivity index (χ3v) is 4.54. The van der Waals surface area contributed by atoms with Crippen molar-refractivity contribution in [3.8, 4) is 0 Å². The minimum Gasteiger partial charge on any atom is -0.391 e. The molecule has 0 bridgehead atoms. The van der Waals surface area contributed by atoms with Crippen LogP contribution in [0.4, 0.5) is 0 Å². The number of rotatable bonds is 9. The average molecular weight is 335 g/mol. The Morgan fingerprint density at radius 2 is 1.86 bits per heavy atom. The minimum absolute atomic E-state index is 0. The fourth-order valence-corrected chi connectivity index (χ4v) is 3.05. The number of aliphatic hydroxyl groups is 1. The van der Waals surface area contributed by atoms with Crippen molar-refractivity contribution in [2.45, 2.75) is 83.8 Å². The smallest absolute Gasteiger partial charge is 0.220 e. The molecule has 1 amide bonds. The van der Waals surface area contributed by atoms with E-state index in [1.54, 1.807) is 0 Å². The van der Waals surface area contributed by atoms with Gasteiger partial charge in [-0.2, -0.15) is 0 Å². The molecule has 0 aromatic carbocycles. The number of hydrogen-bond donors (Lipinski definition) is 3. The molecule has 2 unspecified atom stereocenters. The van der Waals surface area contributed by atoms with Crippen molar-refractivity contribution in [3.05, 3.63) is 0 Å². The molecule has 0 aromatic heterocycles. The van der Waals surface area contributed by atoms with Gasteiger partial charge in [-0.15, -0.1) is 12.4 Å². The molecule has 2 atom stereocenters. The summed E-state index contributed by atoms with van der Waals surface area (Å²) in [7, 11) is 0. The van der Waals surface area contributed by atoms with Gasteiger partial charge in [0.2, 0.25) is 5.91 Å². The minimum atomic E-state index is -0.502. The fourth-order valence-electron chi connectivity index (χ4n) is 3.05. The summed E-state index contributed by atoms with van der Waals surface area (Å²) in [6.07, 6.45) is 8.92. The molecule has 0 saturated heterocycles. The van der Waals surface area contributed by atoms with Crippen LogP contribution in [0, 0.1) is 11.8 Å². The Morgan fingerprint density at radius 1 is 1.23 bits per heavy atom. The zero-order chi connectivity index (χ0) is 15.7. The first kappa shape index (κ1) is 21.7. The maximum absolute atomic E-state index is 11.6. The highest BCUT2D eigenvalue weighted by atomic mass is 35.5. The Hall–Kier alpha value is -0.320. The van der Waals surface area contributed by atoms with Crippen molar-refractivity contribution in [2.24, 2.45) is 17.6 Å². The summed E-state index contributed by atoms with van der Waals surface area (Å²) in [5.74, 6) is 1.31. The average Bonchev–Trinajstić information content (AvgIpc) is 2.46. The number of hydrogen-bond acceptors (Lipinski definition) is 3. The van der Waals surface area contributed by atoms with Crippen LogP contribution in [-0.2, 0) is 4.79 Å². The molecule has 1 fully saturated rings. The summed E-state index contributed by atoms with van der Waals surface area (Å²) < 4.78 is 0. The Bertz CT molecular complexity index is 294. The maximum atomic E-state index is 11.6. The summed E-state index contributed by atoms with van der Waals surface area (Å²) in [6.45, 7) is 4.75. The zero-order valence-electron chi connectivity index (χ0n) is 14.2. The molecule has 0 aromatic rings. The van der Waals surface area contributed by atoms with Crippen LogP contribution in [0.5, 0.6) is 0 Å². The molecule has 0 radical (unpaired) electrons. The van der Waals surface area contributed by atoms with Crippen molar-refractivity contribution < 1.29 is 9.90 Å². The lowest BCUT2D eigenvalue weighted by Gasteiger charge is -2.27. The molecule has 1 aliphatic carbocycles. The van der Waals surface area contributed by atoms with Gasteiger partial charge in [0.15, 0.2) is 0 Å². The number of nitrogens with one attached hydrogen (secondary N) is 1. The Kier molecular flexibility index (Phi) is 12.0. The van der Waals surface area contributed by atoms with E-state index in [0.717, 1.165) is 12.8 Å². The van der Waals surface area contributed by atoms with Crippen LogP contribution in [0.15, 0.2) is 0 Å². The van der Waals surface area contributed by atoms with Crippen LogP contribution in [0.2, 0.25) is 0 Å². The molecule has 0 spiro atoms. The normalized spacial score (nSPS) is 18.6. The largest absolute Gasteiger partial charge is 0.391 e. The van der Waals surface area contributed by atoms with E-state index in [-0.39, 0.29) is 24.4 Å². The molecule has 1 rings (SSSR count). The van der Waals surface area contributed by atoms with E-state index in [2.05, 4.69) is 19.2 Å². The second-order valence-corrected chi connectivity index (χ2v) is 7.04. The summed E-state index contributed by atoms with van der Waals surface area (Å²) in [6, 6.07) is -0.152. The van der Waals surface area contributed by atoms with Gasteiger partial charge in [0.1, 0.15) is 0 Å². The van der Waals surface area contributed by atoms with E-state index < -0.39 is 6.10 Å². The third-order valence-electron chi connectivity index (χ3n) is 4.54. The molecular weight excluding hydrogens is 300 g/mol. The van der Waals surface area contributed by atoms with Crippen LogP contribution in [-0.4, -0.2) is 29.7 Å². The molecule has 132 valence electrons. The summed E-state index contributed by atoms with van der Waals surface area (Å²) >= 11 is 0. The summed E-state index contributed by atoms with van der Waals surface area (Å²) in [4.78, 5) is 11.6. The van der Waals surface area contributed by atoms with Gasteiger partial charge in [0.05, 0.1) is 6.10 Å². The lowest BCUT2D eigenvalue weighted by atomic mass is 9.83. The second-order valence-electron chi connectivity index (χ2n) is 7.04. The molecule has 0 heterocycles. The molecule has 4 nitrogen and oxygen atoms in total. The standard InChI is InChI=1S/C17H34N2O2.ClH/c1-13(2)8-9-17(21)19-11-10-16(20)15(18)12-14-6-4-3-5-7-14;/h13-16,20H,3-12,18H2,1-2H3,(H,19,21);1H. The maximum Gasteiger partial charge on any atom is 0.220 e. The van der Waals surface area contributed by atoms with Crippen molar-refractivity contribution >= 4 is 18.3 Å². The number of carbonyl (C=O) groups is 1. The third kappa shape index (κ3) is 9.65. The lowest BCUT2D eigenvalue weighted by molar-refractivity contribution is -0.121. The summed E-state index contributed by atoms with van der Waals surface area (Å²) in [5, 5.41) is 13.0. The zero-order valence-corrected chi connectivity index (χ0v) is 15.0. The SMILES string of the molecule is CC(C)CCC(=O)NCCC(O)C(N)CC1CCCCC1.Cl. The predicted molar refractivity (Wildman–Crippen MR) is 94.1 cm³/mol. The Morgan fingerprint density at radius 3 is 2.45 bits per heavy atom. The van der Waals surface area contributed by atoms with E-state index in [1.165, 1.54) is 32.1 Å². The van der Waals surface area contributed by atoms with Crippen molar-refractivity contribution in [1.82, 2.24) is 5.32 Å². The molecule has 4 N–H and O–H groups in total. The van der Waals surface area contributed by atoms with Crippen molar-refractivity contribution in [3.63, 3.8) is 0 Å². The van der Waals surface area contributed by atoms with E-state index in [0.29, 0.717) is 31.2 Å². The van der Waals surface area contributed by atoms with Crippen LogP contribution >= 0.6 is 12.4 Å². The van der Waals surface area contributed by atoms with E-state index in [9.17, 15) is 9.90 Å². The van der Waals surface area contributed by atoms with Crippen molar-refractivity contribution in [1.29, 1.82) is 0 Å². The Balaban J connectivity index is 0.00000441. The van der Waals surface area contributed by atoms with Gasteiger partial charge in [-0.25, -0.2) is 0 Å². The highest BCUT2D eigenvalue weighted by molar-refractivity contribution is 5.85. The number of halogens is 1. The van der Waals surface area contributed by atoms with Crippen LogP contribution in [0.25, 0.3) is 0 Å². The van der Waals surface area contributed by atoms with Crippen molar-refractivity contribution in [2.75, 3.05) is 6.54 Å². The van der Waals surface area contributed by atoms with Gasteiger partial charge in [-0.3, -0.25) is 4.79 Å². The Labute approximate surface area is 142 Å². The molecule has 1 aliphatic rings. The van der Waals surface area contributed by atoms with E-state index in [4.69, 9.17) is 5.73 Å². The van der Waals surface area contributed by atoms with Gasteiger partial charge < -0.3 is 16.2 Å². The van der Waals surface area contributed by atoms with E-state index >= 15 is 0 Å². The first-order valence-corrected chi connectivity index (χ1v) is 8.69. The monoisotopic (exact) mass is 334 g/mol. The molecule has 1 saturated carbocycles. The van der Waals surface area contributed by atoms with Crippen LogP contribution in [0.1, 0.15) is 71.6 Å². The quantitative estimate of drug-likeness (QED) is 0.606. The van der Waals surface area contributed by atoms with Crippen LogP contribution in [0.3, 0.4) is 0 Å². The number of carbonyl (C=O) groups excluding carboxylic acids is 1. The van der Waals surface area contributed by atoms with Gasteiger partial charge in [-0.05, 0) is 31.1 Å². The van der Waals surface area contributed by atoms with E-state index in [1.807, 2.05) is 0 Å². The van der Waals surface area contributed by atoms with Gasteiger partial charge in [-0.1, -0.05) is 46.0 Å². The highest BCUT2D eigenvalue weighted by Gasteiger charge is 2.21. The van der Waals surface area contributed by atoms with Crippen LogP contribution < -0.4 is 11.1 Å². The molecular formula is C17H35ClN2O2. The fraction of sp³-hybridized carbons (Fsp3) is 0.941. The second kappa shape index (κ2) is 12.1. The van der Waals surface area contributed by atoms with Gasteiger partial charge >= 0.3 is 0 Å². The first-order chi connectivity index (χ1) is 9.99. The molecule has 0 aliphatic heterocycles. The number of aliphatic hydroxyl groups excluding tert-OH is 1. The summed E-state index contributed by atoms with van der Waals surface area (Å²) in [5.41, 5.74) is 6.10. The topological polar surface area (TPSA) is 75.3 Å². The highest BCUT2D eigenvalue weighted by Crippen LogP contribution is 2.27. The molecule has 5 heteroatoms. The van der Waals surface area contributed by atoms with Gasteiger partial charge in [0.25, 0.3) is 0 Å². The number of amides is 1. The first-order valence-electron chi connectivity index (χ1n) is 8.69. The van der Waals surface area contributed by atoms with Gasteiger partial charge in [0, 0.05) is 19.0 Å². The molecule has 22 heavy (non-hydrogen) atoms. The predicted octanol–water partition coefficient (Wildman–Crippen LogP) is 3.01. The lowest BCUT2D eigenvalue weighted by Crippen LogP contribution is -2.39.